The van der Waals surface area contributed by atoms with Crippen molar-refractivity contribution < 1.29 is 17.6 Å². The topological polar surface area (TPSA) is 60.9 Å². The molecule has 26 heavy (non-hydrogen) atoms. The lowest BCUT2D eigenvalue weighted by atomic mass is 10.2. The summed E-state index contributed by atoms with van der Waals surface area (Å²) in [5.41, 5.74) is 0.630. The van der Waals surface area contributed by atoms with Crippen molar-refractivity contribution in [3.05, 3.63) is 30.1 Å². The molecule has 2 fully saturated rings. The highest BCUT2D eigenvalue weighted by Gasteiger charge is 2.32. The van der Waals surface area contributed by atoms with Crippen molar-refractivity contribution in [2.75, 3.05) is 56.2 Å². The zero-order chi connectivity index (χ0) is 18.7. The molecule has 1 aromatic rings. The van der Waals surface area contributed by atoms with Crippen LogP contribution in [-0.2, 0) is 14.6 Å². The molecule has 0 saturated carbocycles. The third-order valence-electron chi connectivity index (χ3n) is 5.36. The molecule has 3 rings (SSSR count). The van der Waals surface area contributed by atoms with Crippen LogP contribution in [-0.4, -0.2) is 81.4 Å². The van der Waals surface area contributed by atoms with Gasteiger partial charge in [-0.05, 0) is 18.6 Å². The van der Waals surface area contributed by atoms with E-state index in [0.717, 1.165) is 26.2 Å². The second-order valence-corrected chi connectivity index (χ2v) is 9.32. The van der Waals surface area contributed by atoms with Gasteiger partial charge in [0, 0.05) is 52.2 Å². The van der Waals surface area contributed by atoms with Crippen molar-refractivity contribution in [2.24, 2.45) is 0 Å². The third kappa shape index (κ3) is 4.54. The standard InChI is InChI=1S/C18H26FN3O3S/c1-20(15-7-13-26(24,25)14-15)18(23)6-8-21-9-11-22(12-10-21)17-5-3-2-4-16(17)19/h2-5,15H,6-14H2,1H3. The van der Waals surface area contributed by atoms with Gasteiger partial charge in [0.05, 0.1) is 17.2 Å². The van der Waals surface area contributed by atoms with Gasteiger partial charge in [-0.15, -0.1) is 0 Å². The monoisotopic (exact) mass is 383 g/mol. The number of nitrogens with zero attached hydrogens (tertiary/aromatic N) is 3. The second-order valence-electron chi connectivity index (χ2n) is 7.09. The molecule has 0 N–H and O–H groups in total. The fourth-order valence-electron chi connectivity index (χ4n) is 3.64. The Balaban J connectivity index is 1.44. The lowest BCUT2D eigenvalue weighted by Gasteiger charge is -2.36. The third-order valence-corrected chi connectivity index (χ3v) is 7.11. The van der Waals surface area contributed by atoms with Crippen molar-refractivity contribution in [3.8, 4) is 0 Å². The van der Waals surface area contributed by atoms with Crippen LogP contribution in [0.15, 0.2) is 24.3 Å². The van der Waals surface area contributed by atoms with Gasteiger partial charge in [-0.25, -0.2) is 12.8 Å². The Kier molecular flexibility index (Phi) is 5.82. The van der Waals surface area contributed by atoms with Gasteiger partial charge >= 0.3 is 0 Å². The minimum Gasteiger partial charge on any atom is -0.367 e. The minimum atomic E-state index is -2.99. The van der Waals surface area contributed by atoms with Gasteiger partial charge in [-0.2, -0.15) is 0 Å². The predicted octanol–water partition coefficient (Wildman–Crippen LogP) is 0.983. The molecular weight excluding hydrogens is 357 g/mol. The Morgan fingerprint density at radius 1 is 1.23 bits per heavy atom. The first-order valence-corrected chi connectivity index (χ1v) is 10.9. The summed E-state index contributed by atoms with van der Waals surface area (Å²) in [6.07, 6.45) is 0.915. The van der Waals surface area contributed by atoms with Gasteiger partial charge in [0.2, 0.25) is 5.91 Å². The van der Waals surface area contributed by atoms with Gasteiger partial charge in [-0.3, -0.25) is 9.69 Å². The molecule has 2 aliphatic heterocycles. The van der Waals surface area contributed by atoms with E-state index in [1.54, 1.807) is 24.1 Å². The van der Waals surface area contributed by atoms with Crippen LogP contribution in [0.2, 0.25) is 0 Å². The molecule has 1 atom stereocenters. The number of piperazine rings is 1. The maximum atomic E-state index is 13.9. The normalized spacial score (nSPS) is 23.2. The summed E-state index contributed by atoms with van der Waals surface area (Å²) in [5, 5.41) is 0. The average molecular weight is 383 g/mol. The summed E-state index contributed by atoms with van der Waals surface area (Å²) >= 11 is 0. The highest BCUT2D eigenvalue weighted by molar-refractivity contribution is 7.91. The van der Waals surface area contributed by atoms with Gasteiger partial charge in [0.15, 0.2) is 9.84 Å². The molecule has 144 valence electrons. The zero-order valence-electron chi connectivity index (χ0n) is 15.1. The number of rotatable bonds is 5. The van der Waals surface area contributed by atoms with E-state index >= 15 is 0 Å². The van der Waals surface area contributed by atoms with E-state index in [0.29, 0.717) is 25.1 Å². The minimum absolute atomic E-state index is 0.0105. The summed E-state index contributed by atoms with van der Waals surface area (Å²) in [6.45, 7) is 3.66. The summed E-state index contributed by atoms with van der Waals surface area (Å²) in [4.78, 5) is 18.2. The Bertz CT molecular complexity index is 748. The van der Waals surface area contributed by atoms with Crippen LogP contribution in [0.3, 0.4) is 0 Å². The van der Waals surface area contributed by atoms with Crippen LogP contribution in [0, 0.1) is 5.82 Å². The smallest absolute Gasteiger partial charge is 0.223 e. The van der Waals surface area contributed by atoms with E-state index in [1.807, 2.05) is 11.0 Å². The van der Waals surface area contributed by atoms with E-state index < -0.39 is 9.84 Å². The first kappa shape index (κ1) is 19.1. The van der Waals surface area contributed by atoms with Crippen LogP contribution >= 0.6 is 0 Å². The molecule has 2 heterocycles. The number of anilines is 1. The number of halogens is 1. The number of hydrogen-bond acceptors (Lipinski definition) is 5. The van der Waals surface area contributed by atoms with E-state index in [2.05, 4.69) is 4.90 Å². The van der Waals surface area contributed by atoms with Crippen molar-refractivity contribution in [3.63, 3.8) is 0 Å². The second kappa shape index (κ2) is 7.92. The van der Waals surface area contributed by atoms with E-state index in [1.165, 1.54) is 6.07 Å². The Labute approximate surface area is 154 Å². The molecule has 0 aromatic heterocycles. The fourth-order valence-corrected chi connectivity index (χ4v) is 5.41. The van der Waals surface area contributed by atoms with Crippen molar-refractivity contribution in [1.82, 2.24) is 9.80 Å². The van der Waals surface area contributed by atoms with Crippen molar-refractivity contribution in [2.45, 2.75) is 18.9 Å². The van der Waals surface area contributed by atoms with Crippen molar-refractivity contribution in [1.29, 1.82) is 0 Å². The molecular formula is C18H26FN3O3S. The fraction of sp³-hybridized carbons (Fsp3) is 0.611. The number of hydrogen-bond donors (Lipinski definition) is 0. The Morgan fingerprint density at radius 3 is 2.54 bits per heavy atom. The number of para-hydroxylation sites is 1. The SMILES string of the molecule is CN(C(=O)CCN1CCN(c2ccccc2F)CC1)C1CCS(=O)(=O)C1. The highest BCUT2D eigenvalue weighted by Crippen LogP contribution is 2.20. The maximum absolute atomic E-state index is 13.9. The molecule has 6 nitrogen and oxygen atoms in total. The lowest BCUT2D eigenvalue weighted by molar-refractivity contribution is -0.131. The molecule has 0 spiro atoms. The van der Waals surface area contributed by atoms with Gasteiger partial charge < -0.3 is 9.80 Å². The Hall–Kier alpha value is -1.67. The number of sulfone groups is 1. The predicted molar refractivity (Wildman–Crippen MR) is 99.5 cm³/mol. The number of carbonyl (C=O) groups excluding carboxylic acids is 1. The molecule has 8 heteroatoms. The van der Waals surface area contributed by atoms with E-state index in [4.69, 9.17) is 0 Å². The molecule has 0 radical (unpaired) electrons. The van der Waals surface area contributed by atoms with Gasteiger partial charge in [0.25, 0.3) is 0 Å². The highest BCUT2D eigenvalue weighted by atomic mass is 32.2. The van der Waals surface area contributed by atoms with E-state index in [-0.39, 0.29) is 29.3 Å². The van der Waals surface area contributed by atoms with Crippen LogP contribution in [0.5, 0.6) is 0 Å². The molecule has 1 amide bonds. The molecule has 2 aliphatic rings. The summed E-state index contributed by atoms with van der Waals surface area (Å²) in [6, 6.07) is 6.60. The maximum Gasteiger partial charge on any atom is 0.223 e. The van der Waals surface area contributed by atoms with Crippen LogP contribution in [0.25, 0.3) is 0 Å². The first-order chi connectivity index (χ1) is 12.4. The number of amides is 1. The molecule has 1 unspecified atom stereocenters. The molecule has 0 aliphatic carbocycles. The van der Waals surface area contributed by atoms with Crippen LogP contribution in [0.4, 0.5) is 10.1 Å². The van der Waals surface area contributed by atoms with Crippen molar-refractivity contribution >= 4 is 21.4 Å². The Morgan fingerprint density at radius 2 is 1.92 bits per heavy atom. The quantitative estimate of drug-likeness (QED) is 0.759. The van der Waals surface area contributed by atoms with Crippen LogP contribution < -0.4 is 4.90 Å². The summed E-state index contributed by atoms with van der Waals surface area (Å²) in [5.74, 6) is 0.0389. The molecule has 1 aromatic carbocycles. The number of benzene rings is 1. The van der Waals surface area contributed by atoms with Gasteiger partial charge in [-0.1, -0.05) is 12.1 Å². The lowest BCUT2D eigenvalue weighted by Crippen LogP contribution is -2.48. The van der Waals surface area contributed by atoms with E-state index in [9.17, 15) is 17.6 Å². The van der Waals surface area contributed by atoms with Crippen LogP contribution in [0.1, 0.15) is 12.8 Å². The average Bonchev–Trinajstić information content (AvgIpc) is 3.00. The molecule has 2 saturated heterocycles. The largest absolute Gasteiger partial charge is 0.367 e. The summed E-state index contributed by atoms with van der Waals surface area (Å²) in [7, 11) is -1.29. The van der Waals surface area contributed by atoms with Gasteiger partial charge in [0.1, 0.15) is 5.82 Å². The molecule has 0 bridgehead atoms. The summed E-state index contributed by atoms with van der Waals surface area (Å²) < 4.78 is 37.0. The number of carbonyl (C=O) groups is 1. The first-order valence-electron chi connectivity index (χ1n) is 9.03. The zero-order valence-corrected chi connectivity index (χ0v) is 15.9.